The molecule has 0 spiro atoms. The van der Waals surface area contributed by atoms with Gasteiger partial charge in [0.05, 0.1) is 0 Å². The number of rotatable bonds is 13. The average molecular weight is 385 g/mol. The van der Waals surface area contributed by atoms with E-state index < -0.39 is 11.8 Å². The molecule has 4 N–H and O–H groups in total. The molecule has 0 aromatic rings. The fraction of sp³-hybridized carbons (Fsp3) is 0.706. The molecule has 0 unspecified atom stereocenters. The predicted octanol–water partition coefficient (Wildman–Crippen LogP) is -1.49. The van der Waals surface area contributed by atoms with E-state index in [-0.39, 0.29) is 50.3 Å². The van der Waals surface area contributed by atoms with Gasteiger partial charge in [0.25, 0.3) is 0 Å². The van der Waals surface area contributed by atoms with Crippen LogP contribution in [0.15, 0.2) is 0 Å². The summed E-state index contributed by atoms with van der Waals surface area (Å²) in [6, 6.07) is 0. The van der Waals surface area contributed by atoms with Gasteiger partial charge in [-0.1, -0.05) is 20.8 Å². The molecule has 0 heterocycles. The van der Waals surface area contributed by atoms with E-state index in [1.165, 1.54) is 4.90 Å². The quantitative estimate of drug-likeness (QED) is 0.286. The molecule has 0 rings (SSSR count). The number of hydrogen-bond acceptors (Lipinski definition) is 5. The van der Waals surface area contributed by atoms with E-state index in [1.807, 2.05) is 0 Å². The Bertz CT molecular complexity index is 486. The maximum absolute atomic E-state index is 12.0. The molecule has 27 heavy (non-hydrogen) atoms. The van der Waals surface area contributed by atoms with Crippen molar-refractivity contribution < 1.29 is 24.0 Å². The van der Waals surface area contributed by atoms with Crippen LogP contribution in [0.2, 0.25) is 0 Å². The molecule has 10 heteroatoms. The Kier molecular flexibility index (Phi) is 13.1. The summed E-state index contributed by atoms with van der Waals surface area (Å²) in [6.07, 6.45) is 0.896. The molecule has 0 aromatic heterocycles. The molecule has 0 aliphatic heterocycles. The molecule has 0 radical (unpaired) electrons. The first-order valence-electron chi connectivity index (χ1n) is 9.18. The monoisotopic (exact) mass is 385 g/mol. The van der Waals surface area contributed by atoms with E-state index in [0.717, 1.165) is 0 Å². The third-order valence-corrected chi connectivity index (χ3v) is 3.50. The van der Waals surface area contributed by atoms with Crippen molar-refractivity contribution in [3.8, 4) is 0 Å². The van der Waals surface area contributed by atoms with Crippen molar-refractivity contribution in [3.05, 3.63) is 0 Å². The van der Waals surface area contributed by atoms with E-state index in [2.05, 4.69) is 21.3 Å². The molecule has 0 saturated heterocycles. The lowest BCUT2D eigenvalue weighted by Crippen LogP contribution is -2.47. The number of amides is 5. The van der Waals surface area contributed by atoms with Crippen LogP contribution in [-0.4, -0.2) is 73.7 Å². The van der Waals surface area contributed by atoms with E-state index in [1.54, 1.807) is 20.8 Å². The fourth-order valence-corrected chi connectivity index (χ4v) is 1.97. The minimum absolute atomic E-state index is 0.112. The number of carbonyl (C=O) groups is 5. The predicted molar refractivity (Wildman–Crippen MR) is 99.5 cm³/mol. The highest BCUT2D eigenvalue weighted by molar-refractivity contribution is 5.89. The summed E-state index contributed by atoms with van der Waals surface area (Å²) >= 11 is 0. The Hall–Kier alpha value is -2.65. The van der Waals surface area contributed by atoms with Gasteiger partial charge in [-0.15, -0.1) is 0 Å². The van der Waals surface area contributed by atoms with Gasteiger partial charge in [-0.3, -0.25) is 24.0 Å². The molecular formula is C17H31N5O5. The summed E-state index contributed by atoms with van der Waals surface area (Å²) in [6.45, 7) is 5.68. The van der Waals surface area contributed by atoms with Crippen molar-refractivity contribution >= 4 is 29.5 Å². The molecule has 0 saturated carbocycles. The lowest BCUT2D eigenvalue weighted by atomic mass is 10.3. The minimum atomic E-state index is -0.412. The topological polar surface area (TPSA) is 137 Å². The average Bonchev–Trinajstić information content (AvgIpc) is 2.66. The van der Waals surface area contributed by atoms with Crippen molar-refractivity contribution in [1.29, 1.82) is 0 Å². The summed E-state index contributed by atoms with van der Waals surface area (Å²) in [5, 5.41) is 10.4. The highest BCUT2D eigenvalue weighted by atomic mass is 16.2. The number of nitrogens with zero attached hydrogens (tertiary/aromatic N) is 1. The lowest BCUT2D eigenvalue weighted by Gasteiger charge is -2.21. The highest BCUT2D eigenvalue weighted by Crippen LogP contribution is 1.94. The maximum Gasteiger partial charge on any atom is 0.239 e. The minimum Gasteiger partial charge on any atom is -0.354 e. The molecule has 0 aromatic carbocycles. The zero-order chi connectivity index (χ0) is 20.7. The second-order valence-electron chi connectivity index (χ2n) is 5.71. The second kappa shape index (κ2) is 14.5. The summed E-state index contributed by atoms with van der Waals surface area (Å²) in [4.78, 5) is 59.2. The van der Waals surface area contributed by atoms with Gasteiger partial charge in [-0.05, 0) is 0 Å². The van der Waals surface area contributed by atoms with Gasteiger partial charge in [-0.25, -0.2) is 0 Å². The first kappa shape index (κ1) is 24.4. The first-order valence-corrected chi connectivity index (χ1v) is 9.18. The fourth-order valence-electron chi connectivity index (χ4n) is 1.97. The third kappa shape index (κ3) is 12.4. The zero-order valence-corrected chi connectivity index (χ0v) is 16.4. The van der Waals surface area contributed by atoms with Crippen LogP contribution in [0.3, 0.4) is 0 Å². The molecule has 5 amide bonds. The van der Waals surface area contributed by atoms with Gasteiger partial charge in [-0.2, -0.15) is 0 Å². The number of hydrogen-bond donors (Lipinski definition) is 4. The van der Waals surface area contributed by atoms with Gasteiger partial charge >= 0.3 is 0 Å². The van der Waals surface area contributed by atoms with E-state index in [9.17, 15) is 24.0 Å². The standard InChI is InChI=1S/C17H31N5O5/c1-4-13(23)18-7-9-20-15(25)11-22(17(27)6-3)12-16(26)21-10-8-19-14(24)5-2/h4-12H2,1-3H3,(H,18,23)(H,19,24)(H,20,25)(H,21,26). The number of carbonyl (C=O) groups excluding carboxylic acids is 5. The number of nitrogens with one attached hydrogen (secondary N) is 4. The molecule has 0 aliphatic carbocycles. The van der Waals surface area contributed by atoms with E-state index >= 15 is 0 Å². The van der Waals surface area contributed by atoms with Crippen LogP contribution in [0.25, 0.3) is 0 Å². The van der Waals surface area contributed by atoms with Crippen LogP contribution in [-0.2, 0) is 24.0 Å². The Morgan fingerprint density at radius 3 is 1.19 bits per heavy atom. The Balaban J connectivity index is 4.27. The van der Waals surface area contributed by atoms with Gasteiger partial charge in [0, 0.05) is 45.4 Å². The van der Waals surface area contributed by atoms with Crippen molar-refractivity contribution in [2.45, 2.75) is 40.0 Å². The first-order chi connectivity index (χ1) is 12.8. The van der Waals surface area contributed by atoms with Gasteiger partial charge in [0.15, 0.2) is 0 Å². The zero-order valence-electron chi connectivity index (χ0n) is 16.4. The largest absolute Gasteiger partial charge is 0.354 e. The van der Waals surface area contributed by atoms with Crippen LogP contribution in [0, 0.1) is 0 Å². The van der Waals surface area contributed by atoms with Crippen LogP contribution in [0.1, 0.15) is 40.0 Å². The van der Waals surface area contributed by atoms with E-state index in [4.69, 9.17) is 0 Å². The SMILES string of the molecule is CCC(=O)NCCNC(=O)CN(CC(=O)NCCNC(=O)CC)C(=O)CC. The summed E-state index contributed by atoms with van der Waals surface area (Å²) in [7, 11) is 0. The Morgan fingerprint density at radius 2 is 0.889 bits per heavy atom. The van der Waals surface area contributed by atoms with Crippen molar-refractivity contribution in [3.63, 3.8) is 0 Å². The molecule has 10 nitrogen and oxygen atoms in total. The summed E-state index contributed by atoms with van der Waals surface area (Å²) in [5.74, 6) is -1.37. The highest BCUT2D eigenvalue weighted by Gasteiger charge is 2.18. The van der Waals surface area contributed by atoms with E-state index in [0.29, 0.717) is 25.9 Å². The van der Waals surface area contributed by atoms with Gasteiger partial charge in [0.1, 0.15) is 13.1 Å². The Morgan fingerprint density at radius 1 is 0.556 bits per heavy atom. The van der Waals surface area contributed by atoms with Crippen molar-refractivity contribution in [1.82, 2.24) is 26.2 Å². The Labute approximate surface area is 159 Å². The molecular weight excluding hydrogens is 354 g/mol. The molecule has 0 bridgehead atoms. The lowest BCUT2D eigenvalue weighted by molar-refractivity contribution is -0.139. The molecule has 154 valence electrons. The third-order valence-electron chi connectivity index (χ3n) is 3.50. The maximum atomic E-state index is 12.0. The van der Waals surface area contributed by atoms with Gasteiger partial charge < -0.3 is 26.2 Å². The van der Waals surface area contributed by atoms with Crippen LogP contribution in [0.4, 0.5) is 0 Å². The normalized spacial score (nSPS) is 9.89. The van der Waals surface area contributed by atoms with Crippen LogP contribution < -0.4 is 21.3 Å². The second-order valence-corrected chi connectivity index (χ2v) is 5.71. The molecule has 0 aliphatic rings. The molecule has 0 atom stereocenters. The van der Waals surface area contributed by atoms with Gasteiger partial charge in [0.2, 0.25) is 29.5 Å². The van der Waals surface area contributed by atoms with Crippen LogP contribution >= 0.6 is 0 Å². The summed E-state index contributed by atoms with van der Waals surface area (Å²) < 4.78 is 0. The molecule has 0 fully saturated rings. The van der Waals surface area contributed by atoms with Crippen LogP contribution in [0.5, 0.6) is 0 Å². The van der Waals surface area contributed by atoms with Crippen molar-refractivity contribution in [2.75, 3.05) is 39.3 Å². The smallest absolute Gasteiger partial charge is 0.239 e. The van der Waals surface area contributed by atoms with Crippen molar-refractivity contribution in [2.24, 2.45) is 0 Å². The summed E-state index contributed by atoms with van der Waals surface area (Å²) in [5.41, 5.74) is 0.